The van der Waals surface area contributed by atoms with E-state index in [-0.39, 0.29) is 12.6 Å². The van der Waals surface area contributed by atoms with Crippen molar-refractivity contribution >= 4 is 12.6 Å². The Morgan fingerprint density at radius 2 is 2.11 bits per heavy atom. The maximum Gasteiger partial charge on any atom is 0.330 e. The molecule has 1 rings (SSSR count). The Kier molecular flexibility index (Phi) is 4.63. The molecule has 0 amide bonds. The number of halogens is 1. The van der Waals surface area contributed by atoms with Crippen LogP contribution >= 0.6 is 0 Å². The fourth-order valence-corrected chi connectivity index (χ4v) is 1.11. The van der Waals surface area contributed by atoms with Crippen LogP contribution in [0.3, 0.4) is 0 Å². The molecule has 0 spiro atoms. The standard InChI is InChI=1S/C9H9FN2O6/c10-6-1-12(9(17)11-8(6)16)7(4-15)18-5(2-13)3-14/h1-2,4-5,7,14H,3H2,(H,11,16,17)/t5-,7+/m0/s1. The first-order valence-electron chi connectivity index (χ1n) is 4.71. The van der Waals surface area contributed by atoms with Crippen LogP contribution in [-0.2, 0) is 14.3 Å². The number of aromatic amines is 1. The number of aromatic nitrogens is 2. The molecule has 0 aromatic carbocycles. The lowest BCUT2D eigenvalue weighted by molar-refractivity contribution is -0.140. The quantitative estimate of drug-likeness (QED) is 0.568. The van der Waals surface area contributed by atoms with Gasteiger partial charge in [-0.1, -0.05) is 0 Å². The SMILES string of the molecule is O=C[C@@H](CO)O[C@H](C=O)n1cc(F)c(=O)[nH]c1=O. The highest BCUT2D eigenvalue weighted by atomic mass is 19.1. The Bertz CT molecular complexity index is 551. The van der Waals surface area contributed by atoms with Crippen molar-refractivity contribution in [1.29, 1.82) is 0 Å². The maximum atomic E-state index is 13.0. The number of hydrogen-bond acceptors (Lipinski definition) is 6. The molecular weight excluding hydrogens is 251 g/mol. The van der Waals surface area contributed by atoms with Crippen molar-refractivity contribution in [3.05, 3.63) is 32.9 Å². The highest BCUT2D eigenvalue weighted by Crippen LogP contribution is 2.05. The van der Waals surface area contributed by atoms with E-state index >= 15 is 0 Å². The Labute approximate surface area is 98.6 Å². The Balaban J connectivity index is 3.13. The zero-order valence-corrected chi connectivity index (χ0v) is 8.91. The van der Waals surface area contributed by atoms with E-state index in [9.17, 15) is 23.6 Å². The minimum absolute atomic E-state index is 0.116. The summed E-state index contributed by atoms with van der Waals surface area (Å²) in [6.45, 7) is -0.714. The fourth-order valence-electron chi connectivity index (χ4n) is 1.11. The maximum absolute atomic E-state index is 13.0. The molecule has 0 fully saturated rings. The molecule has 0 bridgehead atoms. The average Bonchev–Trinajstić information content (AvgIpc) is 2.36. The minimum atomic E-state index is -1.63. The largest absolute Gasteiger partial charge is 0.393 e. The van der Waals surface area contributed by atoms with Crippen LogP contribution in [0.4, 0.5) is 4.39 Å². The Morgan fingerprint density at radius 3 is 2.61 bits per heavy atom. The second-order valence-corrected chi connectivity index (χ2v) is 3.16. The summed E-state index contributed by atoms with van der Waals surface area (Å²) in [6, 6.07) is 0. The lowest BCUT2D eigenvalue weighted by Gasteiger charge is -2.17. The molecule has 0 unspecified atom stereocenters. The third-order valence-electron chi connectivity index (χ3n) is 1.96. The van der Waals surface area contributed by atoms with E-state index in [0.29, 0.717) is 10.8 Å². The van der Waals surface area contributed by atoms with Gasteiger partial charge in [0.15, 0.2) is 18.8 Å². The highest BCUT2D eigenvalue weighted by Gasteiger charge is 2.19. The van der Waals surface area contributed by atoms with Crippen molar-refractivity contribution in [3.8, 4) is 0 Å². The van der Waals surface area contributed by atoms with Gasteiger partial charge in [0.2, 0.25) is 5.82 Å². The van der Waals surface area contributed by atoms with E-state index in [0.717, 1.165) is 0 Å². The van der Waals surface area contributed by atoms with Gasteiger partial charge in [0.25, 0.3) is 5.56 Å². The molecule has 8 nitrogen and oxygen atoms in total. The molecule has 0 aliphatic heterocycles. The summed E-state index contributed by atoms with van der Waals surface area (Å²) in [4.78, 5) is 44.8. The van der Waals surface area contributed by atoms with E-state index in [1.165, 1.54) is 0 Å². The van der Waals surface area contributed by atoms with Gasteiger partial charge in [-0.3, -0.25) is 19.1 Å². The van der Waals surface area contributed by atoms with E-state index < -0.39 is 36.0 Å². The van der Waals surface area contributed by atoms with Crippen LogP contribution in [-0.4, -0.2) is 39.9 Å². The number of rotatable bonds is 6. The number of ether oxygens (including phenoxy) is 1. The van der Waals surface area contributed by atoms with Crippen LogP contribution < -0.4 is 11.2 Å². The third kappa shape index (κ3) is 2.96. The summed E-state index contributed by atoms with van der Waals surface area (Å²) in [5, 5.41) is 8.69. The van der Waals surface area contributed by atoms with Gasteiger partial charge in [-0.2, -0.15) is 4.39 Å². The van der Waals surface area contributed by atoms with E-state index in [1.54, 1.807) is 4.98 Å². The molecule has 1 heterocycles. The first kappa shape index (κ1) is 13.9. The number of nitrogens with zero attached hydrogens (tertiary/aromatic N) is 1. The molecule has 2 atom stereocenters. The van der Waals surface area contributed by atoms with Gasteiger partial charge in [-0.25, -0.2) is 4.79 Å². The summed E-state index contributed by atoms with van der Waals surface area (Å²) in [7, 11) is 0. The van der Waals surface area contributed by atoms with Crippen molar-refractivity contribution in [3.63, 3.8) is 0 Å². The highest BCUT2D eigenvalue weighted by molar-refractivity contribution is 5.58. The lowest BCUT2D eigenvalue weighted by atomic mass is 10.4. The number of aliphatic hydroxyl groups excluding tert-OH is 1. The van der Waals surface area contributed by atoms with E-state index in [4.69, 9.17) is 9.84 Å². The Hall–Kier alpha value is -2.13. The number of carbonyl (C=O) groups is 2. The summed E-state index contributed by atoms with van der Waals surface area (Å²) in [5.41, 5.74) is -2.32. The molecule has 2 N–H and O–H groups in total. The van der Waals surface area contributed by atoms with Gasteiger partial charge in [0.1, 0.15) is 6.10 Å². The topological polar surface area (TPSA) is 118 Å². The van der Waals surface area contributed by atoms with Crippen molar-refractivity contribution in [2.24, 2.45) is 0 Å². The smallest absolute Gasteiger partial charge is 0.330 e. The average molecular weight is 260 g/mol. The number of H-pyrrole nitrogens is 1. The molecule has 0 radical (unpaired) electrons. The molecule has 1 aromatic heterocycles. The fraction of sp³-hybridized carbons (Fsp3) is 0.333. The molecule has 98 valence electrons. The monoisotopic (exact) mass is 260 g/mol. The number of carbonyl (C=O) groups excluding carboxylic acids is 2. The summed E-state index contributed by atoms with van der Waals surface area (Å²) >= 11 is 0. The zero-order valence-electron chi connectivity index (χ0n) is 8.91. The van der Waals surface area contributed by atoms with Crippen LogP contribution in [0.5, 0.6) is 0 Å². The van der Waals surface area contributed by atoms with Crippen molar-refractivity contribution < 1.29 is 23.8 Å². The third-order valence-corrected chi connectivity index (χ3v) is 1.96. The van der Waals surface area contributed by atoms with Crippen LogP contribution in [0.1, 0.15) is 6.23 Å². The van der Waals surface area contributed by atoms with Crippen molar-refractivity contribution in [2.75, 3.05) is 6.61 Å². The van der Waals surface area contributed by atoms with Gasteiger partial charge < -0.3 is 14.6 Å². The molecule has 0 saturated carbocycles. The van der Waals surface area contributed by atoms with Gasteiger partial charge in [0, 0.05) is 0 Å². The molecule has 9 heteroatoms. The number of aliphatic hydroxyl groups is 1. The van der Waals surface area contributed by atoms with Crippen LogP contribution in [0.15, 0.2) is 15.8 Å². The number of aldehydes is 2. The number of hydrogen-bond donors (Lipinski definition) is 2. The van der Waals surface area contributed by atoms with Crippen LogP contribution in [0, 0.1) is 5.82 Å². The molecular formula is C9H9FN2O6. The van der Waals surface area contributed by atoms with Crippen molar-refractivity contribution in [1.82, 2.24) is 9.55 Å². The van der Waals surface area contributed by atoms with Crippen LogP contribution in [0.25, 0.3) is 0 Å². The molecule has 0 saturated heterocycles. The Morgan fingerprint density at radius 1 is 1.44 bits per heavy atom. The van der Waals surface area contributed by atoms with Crippen LogP contribution in [0.2, 0.25) is 0 Å². The molecule has 0 aliphatic carbocycles. The molecule has 18 heavy (non-hydrogen) atoms. The van der Waals surface area contributed by atoms with E-state index in [2.05, 4.69) is 0 Å². The van der Waals surface area contributed by atoms with Gasteiger partial charge >= 0.3 is 5.69 Å². The van der Waals surface area contributed by atoms with Gasteiger partial charge in [-0.15, -0.1) is 0 Å². The minimum Gasteiger partial charge on any atom is -0.393 e. The predicted octanol–water partition coefficient (Wildman–Crippen LogP) is -2.05. The predicted molar refractivity (Wildman–Crippen MR) is 54.4 cm³/mol. The lowest BCUT2D eigenvalue weighted by Crippen LogP contribution is -2.37. The first-order chi connectivity index (χ1) is 8.53. The summed E-state index contributed by atoms with van der Waals surface area (Å²) < 4.78 is 18.2. The zero-order chi connectivity index (χ0) is 13.7. The second kappa shape index (κ2) is 5.98. The van der Waals surface area contributed by atoms with E-state index in [1.807, 2.05) is 0 Å². The number of nitrogens with one attached hydrogen (secondary N) is 1. The van der Waals surface area contributed by atoms with Gasteiger partial charge in [0.05, 0.1) is 12.8 Å². The van der Waals surface area contributed by atoms with Crippen molar-refractivity contribution in [2.45, 2.75) is 12.3 Å². The normalized spacial score (nSPS) is 13.9. The molecule has 0 aliphatic rings. The summed E-state index contributed by atoms with van der Waals surface area (Å²) in [6.07, 6.45) is -2.18. The summed E-state index contributed by atoms with van der Waals surface area (Å²) in [5.74, 6) is -1.29. The first-order valence-corrected chi connectivity index (χ1v) is 4.71. The van der Waals surface area contributed by atoms with Gasteiger partial charge in [-0.05, 0) is 0 Å². The molecule has 1 aromatic rings. The second-order valence-electron chi connectivity index (χ2n) is 3.16.